The smallest absolute Gasteiger partial charge is 0.326 e. The number of aliphatic carboxylic acids is 2. The first-order valence-corrected chi connectivity index (χ1v) is 5.64. The van der Waals surface area contributed by atoms with Crippen molar-refractivity contribution in [2.45, 2.75) is 12.5 Å². The molecule has 0 aliphatic heterocycles. The zero-order valence-corrected chi connectivity index (χ0v) is 10.6. The van der Waals surface area contributed by atoms with E-state index in [2.05, 4.69) is 5.32 Å². The standard InChI is InChI=1S/C11H10ClFN2O5/c12-6-2-1-5(13)3-7(6)14-11(20)15-8(10(18)19)4-9(16)17/h1-3,8H,4H2,(H,16,17)(H,18,19)(H2,14,15,20)/t8-/m0/s1. The van der Waals surface area contributed by atoms with Crippen LogP contribution in [0.1, 0.15) is 6.42 Å². The topological polar surface area (TPSA) is 116 Å². The highest BCUT2D eigenvalue weighted by atomic mass is 35.5. The van der Waals surface area contributed by atoms with Gasteiger partial charge in [0.15, 0.2) is 0 Å². The maximum absolute atomic E-state index is 13.0. The van der Waals surface area contributed by atoms with Crippen LogP contribution in [0.3, 0.4) is 0 Å². The molecule has 9 heteroatoms. The molecule has 7 nitrogen and oxygen atoms in total. The number of halogens is 2. The Morgan fingerprint density at radius 2 is 1.95 bits per heavy atom. The number of carbonyl (C=O) groups is 3. The second kappa shape index (κ2) is 6.71. The van der Waals surface area contributed by atoms with E-state index < -0.39 is 36.2 Å². The average molecular weight is 305 g/mol. The normalized spacial score (nSPS) is 11.5. The largest absolute Gasteiger partial charge is 0.481 e. The van der Waals surface area contributed by atoms with Crippen molar-refractivity contribution in [1.82, 2.24) is 5.32 Å². The maximum atomic E-state index is 13.0. The van der Waals surface area contributed by atoms with Gasteiger partial charge >= 0.3 is 18.0 Å². The summed E-state index contributed by atoms with van der Waals surface area (Å²) in [6, 6.07) is 0.606. The van der Waals surface area contributed by atoms with Crippen LogP contribution in [0, 0.1) is 5.82 Å². The lowest BCUT2D eigenvalue weighted by atomic mass is 10.2. The van der Waals surface area contributed by atoms with Crippen LogP contribution in [-0.4, -0.2) is 34.2 Å². The zero-order valence-electron chi connectivity index (χ0n) is 9.89. The molecule has 0 aliphatic carbocycles. The highest BCUT2D eigenvalue weighted by Gasteiger charge is 2.23. The van der Waals surface area contributed by atoms with Gasteiger partial charge in [-0.2, -0.15) is 0 Å². The Morgan fingerprint density at radius 1 is 1.30 bits per heavy atom. The quantitative estimate of drug-likeness (QED) is 0.658. The molecule has 108 valence electrons. The Balaban J connectivity index is 2.72. The Morgan fingerprint density at radius 3 is 2.50 bits per heavy atom. The van der Waals surface area contributed by atoms with Gasteiger partial charge in [0.2, 0.25) is 0 Å². The number of hydrogen-bond acceptors (Lipinski definition) is 3. The molecule has 0 radical (unpaired) electrons. The number of carbonyl (C=O) groups excluding carboxylic acids is 1. The summed E-state index contributed by atoms with van der Waals surface area (Å²) in [6.07, 6.45) is -0.792. The highest BCUT2D eigenvalue weighted by molar-refractivity contribution is 6.33. The summed E-state index contributed by atoms with van der Waals surface area (Å²) in [6.45, 7) is 0. The van der Waals surface area contributed by atoms with E-state index in [-0.39, 0.29) is 10.7 Å². The fourth-order valence-corrected chi connectivity index (χ4v) is 1.45. The van der Waals surface area contributed by atoms with Crippen LogP contribution in [0.4, 0.5) is 14.9 Å². The van der Waals surface area contributed by atoms with Gasteiger partial charge in [-0.05, 0) is 18.2 Å². The number of amides is 2. The van der Waals surface area contributed by atoms with Crippen LogP contribution in [0.5, 0.6) is 0 Å². The molecule has 0 saturated carbocycles. The maximum Gasteiger partial charge on any atom is 0.326 e. The van der Waals surface area contributed by atoms with Crippen LogP contribution < -0.4 is 10.6 Å². The number of carboxylic acid groups (broad SMARTS) is 2. The highest BCUT2D eigenvalue weighted by Crippen LogP contribution is 2.22. The lowest BCUT2D eigenvalue weighted by Crippen LogP contribution is -2.44. The van der Waals surface area contributed by atoms with Crippen LogP contribution >= 0.6 is 11.6 Å². The van der Waals surface area contributed by atoms with E-state index >= 15 is 0 Å². The van der Waals surface area contributed by atoms with Crippen molar-refractivity contribution in [3.05, 3.63) is 29.0 Å². The predicted octanol–water partition coefficient (Wildman–Crippen LogP) is 1.53. The van der Waals surface area contributed by atoms with Crippen molar-refractivity contribution in [1.29, 1.82) is 0 Å². The third kappa shape index (κ3) is 4.73. The molecule has 0 spiro atoms. The van der Waals surface area contributed by atoms with Gasteiger partial charge in [-0.3, -0.25) is 4.79 Å². The van der Waals surface area contributed by atoms with E-state index in [1.54, 1.807) is 0 Å². The molecule has 1 aromatic carbocycles. The summed E-state index contributed by atoms with van der Waals surface area (Å²) in [5.74, 6) is -3.54. The molecule has 0 fully saturated rings. The Labute approximate surface area is 117 Å². The number of urea groups is 1. The number of benzene rings is 1. The summed E-state index contributed by atoms with van der Waals surface area (Å²) in [4.78, 5) is 32.7. The molecule has 20 heavy (non-hydrogen) atoms. The molecule has 0 heterocycles. The second-order valence-electron chi connectivity index (χ2n) is 3.71. The van der Waals surface area contributed by atoms with Crippen LogP contribution in [0.15, 0.2) is 18.2 Å². The molecule has 0 unspecified atom stereocenters. The van der Waals surface area contributed by atoms with Crippen LogP contribution in [0.25, 0.3) is 0 Å². The monoisotopic (exact) mass is 304 g/mol. The zero-order chi connectivity index (χ0) is 15.3. The van der Waals surface area contributed by atoms with Crippen molar-refractivity contribution >= 4 is 35.3 Å². The van der Waals surface area contributed by atoms with Gasteiger partial charge < -0.3 is 20.8 Å². The van der Waals surface area contributed by atoms with Crippen molar-refractivity contribution in [2.24, 2.45) is 0 Å². The Bertz CT molecular complexity index is 552. The minimum atomic E-state index is -1.61. The average Bonchev–Trinajstić information content (AvgIpc) is 2.32. The molecule has 4 N–H and O–H groups in total. The predicted molar refractivity (Wildman–Crippen MR) is 67.2 cm³/mol. The summed E-state index contributed by atoms with van der Waals surface area (Å²) >= 11 is 5.70. The van der Waals surface area contributed by atoms with E-state index in [1.807, 2.05) is 5.32 Å². The van der Waals surface area contributed by atoms with E-state index in [0.717, 1.165) is 12.1 Å². The molecular formula is C11H10ClFN2O5. The third-order valence-corrected chi connectivity index (χ3v) is 2.49. The molecule has 2 amide bonds. The number of rotatable bonds is 5. The minimum Gasteiger partial charge on any atom is -0.481 e. The Kier molecular flexibility index (Phi) is 5.27. The molecule has 0 bridgehead atoms. The van der Waals surface area contributed by atoms with Crippen LogP contribution in [0.2, 0.25) is 5.02 Å². The van der Waals surface area contributed by atoms with Gasteiger partial charge in [0, 0.05) is 0 Å². The molecule has 1 rings (SSSR count). The van der Waals surface area contributed by atoms with Gasteiger partial charge in [0.25, 0.3) is 0 Å². The molecule has 1 aromatic rings. The first-order valence-electron chi connectivity index (χ1n) is 5.26. The van der Waals surface area contributed by atoms with Crippen molar-refractivity contribution in [2.75, 3.05) is 5.32 Å². The Hall–Kier alpha value is -2.35. The molecule has 1 atom stereocenters. The first kappa shape index (κ1) is 15.7. The van der Waals surface area contributed by atoms with Gasteiger partial charge in [-0.1, -0.05) is 11.6 Å². The van der Waals surface area contributed by atoms with E-state index in [4.69, 9.17) is 21.8 Å². The van der Waals surface area contributed by atoms with Crippen LogP contribution in [-0.2, 0) is 9.59 Å². The number of hydrogen-bond donors (Lipinski definition) is 4. The SMILES string of the molecule is O=C(O)C[C@H](NC(=O)Nc1cc(F)ccc1Cl)C(=O)O. The van der Waals surface area contributed by atoms with E-state index in [1.165, 1.54) is 6.07 Å². The van der Waals surface area contributed by atoms with Crippen molar-refractivity contribution in [3.8, 4) is 0 Å². The molecule has 0 aromatic heterocycles. The first-order chi connectivity index (χ1) is 9.29. The van der Waals surface area contributed by atoms with Gasteiger partial charge in [-0.15, -0.1) is 0 Å². The van der Waals surface area contributed by atoms with Crippen molar-refractivity contribution in [3.63, 3.8) is 0 Å². The number of nitrogens with one attached hydrogen (secondary N) is 2. The number of carboxylic acids is 2. The lowest BCUT2D eigenvalue weighted by Gasteiger charge is -2.13. The fraction of sp³-hybridized carbons (Fsp3) is 0.182. The van der Waals surface area contributed by atoms with Gasteiger partial charge in [0.05, 0.1) is 17.1 Å². The van der Waals surface area contributed by atoms with Gasteiger partial charge in [-0.25, -0.2) is 14.0 Å². The van der Waals surface area contributed by atoms with Crippen molar-refractivity contribution < 1.29 is 29.0 Å². The van der Waals surface area contributed by atoms with E-state index in [0.29, 0.717) is 0 Å². The lowest BCUT2D eigenvalue weighted by molar-refractivity contribution is -0.145. The molecule has 0 aliphatic rings. The summed E-state index contributed by atoms with van der Waals surface area (Å²) in [5, 5.41) is 21.4. The number of anilines is 1. The molecular weight excluding hydrogens is 295 g/mol. The second-order valence-corrected chi connectivity index (χ2v) is 4.12. The van der Waals surface area contributed by atoms with E-state index in [9.17, 15) is 18.8 Å². The summed E-state index contributed by atoms with van der Waals surface area (Å²) in [5.41, 5.74) is -0.0661. The van der Waals surface area contributed by atoms with Gasteiger partial charge in [0.1, 0.15) is 11.9 Å². The fourth-order valence-electron chi connectivity index (χ4n) is 1.28. The third-order valence-electron chi connectivity index (χ3n) is 2.16. The summed E-state index contributed by atoms with van der Waals surface area (Å²) < 4.78 is 13.0. The summed E-state index contributed by atoms with van der Waals surface area (Å²) in [7, 11) is 0. The molecule has 0 saturated heterocycles. The minimum absolute atomic E-state index is 0.0478.